The minimum Gasteiger partial charge on any atom is -0.357 e. The third kappa shape index (κ3) is 6.71. The van der Waals surface area contributed by atoms with Gasteiger partial charge in [0.25, 0.3) is 0 Å². The van der Waals surface area contributed by atoms with Gasteiger partial charge in [-0.15, -0.1) is 0 Å². The molecule has 0 aliphatic carbocycles. The molecular weight excluding hydrogens is 407 g/mol. The van der Waals surface area contributed by atoms with Crippen molar-refractivity contribution >= 4 is 16.0 Å². The molecule has 2 aliphatic rings. The second kappa shape index (κ2) is 10.3. The molecule has 0 amide bonds. The van der Waals surface area contributed by atoms with Crippen molar-refractivity contribution in [3.8, 4) is 0 Å². The van der Waals surface area contributed by atoms with Crippen LogP contribution in [0.5, 0.6) is 0 Å². The smallest absolute Gasteiger partial charge is 0.357 e. The summed E-state index contributed by atoms with van der Waals surface area (Å²) in [4.78, 5) is 7.06. The predicted molar refractivity (Wildman–Crippen MR) is 108 cm³/mol. The van der Waals surface area contributed by atoms with E-state index in [1.165, 1.54) is 0 Å². The Morgan fingerprint density at radius 3 is 2.17 bits per heavy atom. The lowest BCUT2D eigenvalue weighted by molar-refractivity contribution is -0.0496. The van der Waals surface area contributed by atoms with Crippen LogP contribution < -0.4 is 10.6 Å². The van der Waals surface area contributed by atoms with Gasteiger partial charge in [0.2, 0.25) is 0 Å². The quantitative estimate of drug-likeness (QED) is 0.487. The number of alkyl halides is 3. The van der Waals surface area contributed by atoms with Crippen LogP contribution >= 0.6 is 0 Å². The van der Waals surface area contributed by atoms with E-state index in [1.807, 2.05) is 6.92 Å². The van der Waals surface area contributed by atoms with Gasteiger partial charge in [0.05, 0.1) is 0 Å². The summed E-state index contributed by atoms with van der Waals surface area (Å²) in [6.45, 7) is 9.44. The summed E-state index contributed by atoms with van der Waals surface area (Å²) < 4.78 is 61.6. The number of rotatable bonds is 6. The highest BCUT2D eigenvalue weighted by Crippen LogP contribution is 2.30. The topological polar surface area (TPSA) is 77.0 Å². The maximum Gasteiger partial charge on any atom is 0.511 e. The van der Waals surface area contributed by atoms with Gasteiger partial charge in [-0.2, -0.15) is 17.5 Å². The second-order valence-electron chi connectivity index (χ2n) is 8.06. The van der Waals surface area contributed by atoms with Gasteiger partial charge < -0.3 is 15.5 Å². The van der Waals surface area contributed by atoms with Gasteiger partial charge in [-0.05, 0) is 52.4 Å². The molecule has 0 aromatic carbocycles. The number of hydrogen-bond donors (Lipinski definition) is 2. The van der Waals surface area contributed by atoms with Crippen LogP contribution in [0.4, 0.5) is 13.2 Å². The Hall–Kier alpha value is -1.07. The lowest BCUT2D eigenvalue weighted by Crippen LogP contribution is -2.50. The fourth-order valence-electron chi connectivity index (χ4n) is 3.77. The minimum atomic E-state index is -5.23. The van der Waals surface area contributed by atoms with E-state index in [4.69, 9.17) is 0 Å². The van der Waals surface area contributed by atoms with E-state index < -0.39 is 15.5 Å². The van der Waals surface area contributed by atoms with Gasteiger partial charge >= 0.3 is 15.5 Å². The number of aliphatic imine (C=N–C) groups is 1. The standard InChI is InChI=1S/C18H34F3N5O2S/c1-4-22-17(24-16-7-9-25(10-8-16)14(2)3)23-13-15-5-11-26(12-6-15)29(27,28)18(19,20)21/h14-16H,4-13H2,1-3H3,(H2,22,23,24). The van der Waals surface area contributed by atoms with E-state index in [0.717, 1.165) is 38.4 Å². The second-order valence-corrected chi connectivity index (χ2v) is 9.99. The summed E-state index contributed by atoms with van der Waals surface area (Å²) in [5, 5.41) is 6.69. The van der Waals surface area contributed by atoms with Crippen LogP contribution in [-0.4, -0.2) is 80.4 Å². The predicted octanol–water partition coefficient (Wildman–Crippen LogP) is 1.98. The lowest BCUT2D eigenvalue weighted by atomic mass is 9.98. The molecule has 0 unspecified atom stereocenters. The lowest BCUT2D eigenvalue weighted by Gasteiger charge is -2.35. The van der Waals surface area contributed by atoms with Crippen molar-refractivity contribution in [2.45, 2.75) is 64.0 Å². The Bertz CT molecular complexity index is 638. The third-order valence-corrected chi connectivity index (χ3v) is 7.29. The molecule has 2 N–H and O–H groups in total. The third-order valence-electron chi connectivity index (χ3n) is 5.66. The number of likely N-dealkylation sites (tertiary alicyclic amines) is 1. The summed E-state index contributed by atoms with van der Waals surface area (Å²) in [6.07, 6.45) is 2.84. The van der Waals surface area contributed by atoms with Gasteiger partial charge in [-0.3, -0.25) is 4.99 Å². The van der Waals surface area contributed by atoms with Crippen molar-refractivity contribution in [1.29, 1.82) is 0 Å². The van der Waals surface area contributed by atoms with Crippen molar-refractivity contribution in [3.05, 3.63) is 0 Å². The average molecular weight is 442 g/mol. The molecule has 0 atom stereocenters. The summed E-state index contributed by atoms with van der Waals surface area (Å²) in [5.74, 6) is 0.800. The van der Waals surface area contributed by atoms with Gasteiger partial charge in [-0.1, -0.05) is 0 Å². The molecule has 0 spiro atoms. The summed E-state index contributed by atoms with van der Waals surface area (Å²) in [7, 11) is -5.22. The SMILES string of the molecule is CCNC(=NCC1CCN(S(=O)(=O)C(F)(F)F)CC1)NC1CCN(C(C)C)CC1. The van der Waals surface area contributed by atoms with Crippen LogP contribution in [0.2, 0.25) is 0 Å². The zero-order chi connectivity index (χ0) is 21.7. The van der Waals surface area contributed by atoms with Crippen LogP contribution in [0.3, 0.4) is 0 Å². The maximum atomic E-state index is 12.7. The number of nitrogens with one attached hydrogen (secondary N) is 2. The fraction of sp³-hybridized carbons (Fsp3) is 0.944. The number of guanidine groups is 1. The first-order chi connectivity index (χ1) is 13.5. The first kappa shape index (κ1) is 24.2. The van der Waals surface area contributed by atoms with Crippen molar-refractivity contribution in [1.82, 2.24) is 19.8 Å². The number of nitrogens with zero attached hydrogens (tertiary/aromatic N) is 3. The number of piperidine rings is 2. The van der Waals surface area contributed by atoms with E-state index in [0.29, 0.717) is 35.8 Å². The van der Waals surface area contributed by atoms with Crippen LogP contribution in [-0.2, 0) is 10.0 Å². The van der Waals surface area contributed by atoms with E-state index >= 15 is 0 Å². The highest BCUT2D eigenvalue weighted by atomic mass is 32.2. The molecule has 2 saturated heterocycles. The molecule has 0 saturated carbocycles. The molecule has 2 fully saturated rings. The largest absolute Gasteiger partial charge is 0.511 e. The Kier molecular flexibility index (Phi) is 8.59. The van der Waals surface area contributed by atoms with Gasteiger partial charge in [0.1, 0.15) is 0 Å². The van der Waals surface area contributed by atoms with Crippen LogP contribution in [0.25, 0.3) is 0 Å². The zero-order valence-electron chi connectivity index (χ0n) is 17.5. The van der Waals surface area contributed by atoms with Crippen molar-refractivity contribution in [3.63, 3.8) is 0 Å². The Morgan fingerprint density at radius 1 is 1.10 bits per heavy atom. The van der Waals surface area contributed by atoms with E-state index in [1.54, 1.807) is 0 Å². The Balaban J connectivity index is 1.84. The molecule has 0 aromatic rings. The maximum absolute atomic E-state index is 12.7. The van der Waals surface area contributed by atoms with E-state index in [9.17, 15) is 21.6 Å². The molecule has 29 heavy (non-hydrogen) atoms. The molecule has 2 aliphatic heterocycles. The molecule has 0 radical (unpaired) electrons. The van der Waals surface area contributed by atoms with Crippen molar-refractivity contribution in [2.75, 3.05) is 39.3 Å². The zero-order valence-corrected chi connectivity index (χ0v) is 18.3. The summed E-state index contributed by atoms with van der Waals surface area (Å²) in [6, 6.07) is 0.895. The number of hydrogen-bond acceptors (Lipinski definition) is 4. The fourth-order valence-corrected chi connectivity index (χ4v) is 4.76. The average Bonchev–Trinajstić information content (AvgIpc) is 2.66. The number of halogens is 3. The number of sulfonamides is 1. The minimum absolute atomic E-state index is 0.0768. The highest BCUT2D eigenvalue weighted by Gasteiger charge is 2.50. The van der Waals surface area contributed by atoms with Gasteiger partial charge in [-0.25, -0.2) is 8.42 Å². The Labute approximate surface area is 172 Å². The first-order valence-corrected chi connectivity index (χ1v) is 11.8. The highest BCUT2D eigenvalue weighted by molar-refractivity contribution is 7.90. The summed E-state index contributed by atoms with van der Waals surface area (Å²) in [5.41, 5.74) is -5.23. The molecule has 11 heteroatoms. The molecule has 7 nitrogen and oxygen atoms in total. The first-order valence-electron chi connectivity index (χ1n) is 10.4. The van der Waals surface area contributed by atoms with E-state index in [-0.39, 0.29) is 19.0 Å². The van der Waals surface area contributed by atoms with Crippen LogP contribution in [0.15, 0.2) is 4.99 Å². The molecular formula is C18H34F3N5O2S. The van der Waals surface area contributed by atoms with Gasteiger partial charge in [0.15, 0.2) is 5.96 Å². The molecule has 2 heterocycles. The molecule has 0 aromatic heterocycles. The van der Waals surface area contributed by atoms with Crippen LogP contribution in [0.1, 0.15) is 46.5 Å². The normalized spacial score (nSPS) is 22.2. The summed E-state index contributed by atoms with van der Waals surface area (Å²) >= 11 is 0. The Morgan fingerprint density at radius 2 is 1.69 bits per heavy atom. The van der Waals surface area contributed by atoms with Crippen molar-refractivity contribution in [2.24, 2.45) is 10.9 Å². The van der Waals surface area contributed by atoms with E-state index in [2.05, 4.69) is 34.4 Å². The van der Waals surface area contributed by atoms with Crippen LogP contribution in [0, 0.1) is 5.92 Å². The molecule has 0 bridgehead atoms. The van der Waals surface area contributed by atoms with Crippen molar-refractivity contribution < 1.29 is 21.6 Å². The monoisotopic (exact) mass is 441 g/mol. The van der Waals surface area contributed by atoms with Gasteiger partial charge in [0, 0.05) is 51.4 Å². The molecule has 2 rings (SSSR count). The molecule has 170 valence electrons.